The van der Waals surface area contributed by atoms with E-state index in [0.29, 0.717) is 45.6 Å². The molecule has 2 N–H and O–H groups in total. The summed E-state index contributed by atoms with van der Waals surface area (Å²) in [5.74, 6) is -0.0740. The van der Waals surface area contributed by atoms with Crippen molar-refractivity contribution in [2.24, 2.45) is 0 Å². The highest BCUT2D eigenvalue weighted by molar-refractivity contribution is 7.88. The van der Waals surface area contributed by atoms with Crippen LogP contribution in [-0.4, -0.2) is 47.9 Å². The Morgan fingerprint density at radius 1 is 0.528 bits per heavy atom. The Balaban J connectivity index is 1.45. The van der Waals surface area contributed by atoms with Crippen LogP contribution in [0.1, 0.15) is 29.5 Å². The molecule has 194 valence electrons. The quantitative estimate of drug-likeness (QED) is 0.277. The highest BCUT2D eigenvalue weighted by Gasteiger charge is 2.13. The normalized spacial score (nSPS) is 12.1. The van der Waals surface area contributed by atoms with E-state index in [0.717, 1.165) is 16.7 Å². The van der Waals surface area contributed by atoms with Crippen LogP contribution in [0, 0.1) is 0 Å². The number of rotatable bonds is 16. The van der Waals surface area contributed by atoms with Crippen LogP contribution in [0.2, 0.25) is 0 Å². The first-order valence-corrected chi connectivity index (χ1v) is 15.4. The third kappa shape index (κ3) is 11.0. The van der Waals surface area contributed by atoms with Gasteiger partial charge in [-0.25, -0.2) is 26.3 Å². The Morgan fingerprint density at radius 3 is 1.28 bits per heavy atom. The second-order valence-corrected chi connectivity index (χ2v) is 12.4. The van der Waals surface area contributed by atoms with E-state index >= 15 is 0 Å². The van der Waals surface area contributed by atoms with Crippen molar-refractivity contribution < 1.29 is 16.8 Å². The average molecular weight is 530 g/mol. The molecule has 0 heterocycles. The van der Waals surface area contributed by atoms with E-state index in [9.17, 15) is 16.8 Å². The van der Waals surface area contributed by atoms with Crippen molar-refractivity contribution >= 4 is 20.0 Å². The van der Waals surface area contributed by atoms with Crippen molar-refractivity contribution in [2.75, 3.05) is 26.2 Å². The molecule has 0 unspecified atom stereocenters. The molecule has 0 bridgehead atoms. The Labute approximate surface area is 215 Å². The SMILES string of the molecule is O=S(=O)(Cc1ccccc1)NCCCN(CCCNS(=O)(=O)Cc1ccccc1)Cc1ccccc1. The third-order valence-corrected chi connectivity index (χ3v) is 8.31. The van der Waals surface area contributed by atoms with E-state index in [1.165, 1.54) is 0 Å². The Bertz CT molecular complexity index is 1160. The second kappa shape index (κ2) is 14.2. The van der Waals surface area contributed by atoms with Crippen LogP contribution in [0.4, 0.5) is 0 Å². The van der Waals surface area contributed by atoms with Crippen molar-refractivity contribution in [1.29, 1.82) is 0 Å². The van der Waals surface area contributed by atoms with Gasteiger partial charge in [0.2, 0.25) is 20.0 Å². The molecule has 0 amide bonds. The Morgan fingerprint density at radius 2 is 0.889 bits per heavy atom. The first-order chi connectivity index (χ1) is 17.3. The molecular weight excluding hydrogens is 494 g/mol. The monoisotopic (exact) mass is 529 g/mol. The van der Waals surface area contributed by atoms with Crippen LogP contribution < -0.4 is 9.44 Å². The van der Waals surface area contributed by atoms with Gasteiger partial charge in [0.1, 0.15) is 0 Å². The van der Waals surface area contributed by atoms with Gasteiger partial charge >= 0.3 is 0 Å². The van der Waals surface area contributed by atoms with Crippen molar-refractivity contribution in [3.63, 3.8) is 0 Å². The number of hydrogen-bond donors (Lipinski definition) is 2. The van der Waals surface area contributed by atoms with Crippen LogP contribution in [0.3, 0.4) is 0 Å². The van der Waals surface area contributed by atoms with E-state index in [4.69, 9.17) is 0 Å². The summed E-state index contributed by atoms with van der Waals surface area (Å²) in [6.45, 7) is 2.81. The average Bonchev–Trinajstić information content (AvgIpc) is 2.85. The molecule has 0 radical (unpaired) electrons. The fraction of sp³-hybridized carbons (Fsp3) is 0.333. The summed E-state index contributed by atoms with van der Waals surface area (Å²) in [6.07, 6.45) is 1.31. The zero-order valence-electron chi connectivity index (χ0n) is 20.4. The number of benzene rings is 3. The molecule has 0 aliphatic rings. The van der Waals surface area contributed by atoms with E-state index in [-0.39, 0.29) is 11.5 Å². The zero-order valence-corrected chi connectivity index (χ0v) is 22.1. The minimum atomic E-state index is -3.40. The maximum absolute atomic E-state index is 12.4. The fourth-order valence-corrected chi connectivity index (χ4v) is 6.24. The summed E-state index contributed by atoms with van der Waals surface area (Å²) in [7, 11) is -6.80. The zero-order chi connectivity index (χ0) is 25.7. The molecule has 0 spiro atoms. The number of sulfonamides is 2. The molecular formula is C27H35N3O4S2. The third-order valence-electron chi connectivity index (χ3n) is 5.59. The molecule has 0 aromatic heterocycles. The van der Waals surface area contributed by atoms with Crippen molar-refractivity contribution in [3.05, 3.63) is 108 Å². The van der Waals surface area contributed by atoms with Gasteiger partial charge in [0.05, 0.1) is 11.5 Å². The lowest BCUT2D eigenvalue weighted by atomic mass is 10.2. The van der Waals surface area contributed by atoms with Gasteiger partial charge in [-0.05, 0) is 42.6 Å². The summed E-state index contributed by atoms with van der Waals surface area (Å²) in [4.78, 5) is 2.23. The van der Waals surface area contributed by atoms with Gasteiger partial charge in [-0.1, -0.05) is 91.0 Å². The highest BCUT2D eigenvalue weighted by atomic mass is 32.2. The van der Waals surface area contributed by atoms with Crippen LogP contribution in [0.5, 0.6) is 0 Å². The van der Waals surface area contributed by atoms with Gasteiger partial charge in [-0.2, -0.15) is 0 Å². The summed E-state index contributed by atoms with van der Waals surface area (Å²) < 4.78 is 54.9. The highest BCUT2D eigenvalue weighted by Crippen LogP contribution is 2.08. The van der Waals surface area contributed by atoms with Crippen molar-refractivity contribution in [3.8, 4) is 0 Å². The molecule has 9 heteroatoms. The Kier molecular flexibility index (Phi) is 11.1. The molecule has 0 fully saturated rings. The first kappa shape index (κ1) is 28.0. The molecule has 3 rings (SSSR count). The molecule has 3 aromatic carbocycles. The number of hydrogen-bond acceptors (Lipinski definition) is 5. The van der Waals surface area contributed by atoms with Gasteiger partial charge in [0, 0.05) is 19.6 Å². The second-order valence-electron chi connectivity index (χ2n) is 8.75. The lowest BCUT2D eigenvalue weighted by molar-refractivity contribution is 0.260. The predicted molar refractivity (Wildman–Crippen MR) is 145 cm³/mol. The molecule has 0 saturated heterocycles. The lowest BCUT2D eigenvalue weighted by Crippen LogP contribution is -2.33. The Hall–Kier alpha value is -2.56. The molecule has 36 heavy (non-hydrogen) atoms. The lowest BCUT2D eigenvalue weighted by Gasteiger charge is -2.22. The first-order valence-electron chi connectivity index (χ1n) is 12.1. The minimum Gasteiger partial charge on any atom is -0.299 e. The van der Waals surface area contributed by atoms with Crippen LogP contribution in [0.15, 0.2) is 91.0 Å². The molecule has 7 nitrogen and oxygen atoms in total. The number of nitrogens with one attached hydrogen (secondary N) is 2. The largest absolute Gasteiger partial charge is 0.299 e. The molecule has 3 aromatic rings. The van der Waals surface area contributed by atoms with Gasteiger partial charge in [-0.3, -0.25) is 4.90 Å². The van der Waals surface area contributed by atoms with Crippen molar-refractivity contribution in [2.45, 2.75) is 30.9 Å². The van der Waals surface area contributed by atoms with Gasteiger partial charge in [0.25, 0.3) is 0 Å². The van der Waals surface area contributed by atoms with E-state index in [2.05, 4.69) is 26.5 Å². The minimum absolute atomic E-state index is 0.0370. The summed E-state index contributed by atoms with van der Waals surface area (Å²) >= 11 is 0. The molecule has 0 aliphatic carbocycles. The van der Waals surface area contributed by atoms with Gasteiger partial charge < -0.3 is 0 Å². The van der Waals surface area contributed by atoms with E-state index in [1.807, 2.05) is 54.6 Å². The summed E-state index contributed by atoms with van der Waals surface area (Å²) in [5, 5.41) is 0. The van der Waals surface area contributed by atoms with E-state index in [1.54, 1.807) is 24.3 Å². The molecule has 0 aliphatic heterocycles. The van der Waals surface area contributed by atoms with Gasteiger partial charge in [0.15, 0.2) is 0 Å². The maximum Gasteiger partial charge on any atom is 0.215 e. The predicted octanol–water partition coefficient (Wildman–Crippen LogP) is 3.51. The van der Waals surface area contributed by atoms with Crippen LogP contribution >= 0.6 is 0 Å². The summed E-state index contributed by atoms with van der Waals surface area (Å²) in [5.41, 5.74) is 2.67. The van der Waals surface area contributed by atoms with Crippen LogP contribution in [-0.2, 0) is 38.1 Å². The number of nitrogens with zero attached hydrogens (tertiary/aromatic N) is 1. The van der Waals surface area contributed by atoms with Gasteiger partial charge in [-0.15, -0.1) is 0 Å². The maximum atomic E-state index is 12.4. The smallest absolute Gasteiger partial charge is 0.215 e. The summed E-state index contributed by atoms with van der Waals surface area (Å²) in [6, 6.07) is 28.3. The van der Waals surface area contributed by atoms with Crippen molar-refractivity contribution in [1.82, 2.24) is 14.3 Å². The molecule has 0 atom stereocenters. The standard InChI is InChI=1S/C27H35N3O4S2/c31-35(32,23-26-14-6-2-7-15-26)28-18-10-20-30(22-25-12-4-1-5-13-25)21-11-19-29-36(33,34)24-27-16-8-3-9-17-27/h1-9,12-17,28-29H,10-11,18-24H2. The fourth-order valence-electron chi connectivity index (χ4n) is 3.86. The van der Waals surface area contributed by atoms with Crippen LogP contribution in [0.25, 0.3) is 0 Å². The molecule has 0 saturated carbocycles. The topological polar surface area (TPSA) is 95.6 Å². The van der Waals surface area contributed by atoms with E-state index < -0.39 is 20.0 Å².